The van der Waals surface area contributed by atoms with E-state index in [1.807, 2.05) is 12.3 Å². The lowest BCUT2D eigenvalue weighted by atomic mass is 10.2. The van der Waals surface area contributed by atoms with Gasteiger partial charge in [0.15, 0.2) is 0 Å². The van der Waals surface area contributed by atoms with E-state index in [0.29, 0.717) is 19.0 Å². The fraction of sp³-hybridized carbons (Fsp3) is 0.600. The van der Waals surface area contributed by atoms with E-state index in [1.165, 1.54) is 7.11 Å². The molecule has 1 N–H and O–H groups in total. The summed E-state index contributed by atoms with van der Waals surface area (Å²) >= 11 is 3.43. The Morgan fingerprint density at radius 3 is 2.81 bits per heavy atom. The van der Waals surface area contributed by atoms with Gasteiger partial charge in [-0.1, -0.05) is 6.42 Å². The number of nitrogens with one attached hydrogen (secondary N) is 1. The van der Waals surface area contributed by atoms with Gasteiger partial charge in [0.05, 0.1) is 7.11 Å². The molecule has 0 radical (unpaired) electrons. The Morgan fingerprint density at radius 2 is 2.14 bits per heavy atom. The summed E-state index contributed by atoms with van der Waals surface area (Å²) in [6.45, 7) is 0.632. The summed E-state index contributed by atoms with van der Waals surface area (Å²) in [6.07, 6.45) is 7.29. The number of hydrogen-bond acceptors (Lipinski definition) is 3. The van der Waals surface area contributed by atoms with Gasteiger partial charge in [0, 0.05) is 29.7 Å². The predicted molar refractivity (Wildman–Crippen MR) is 83.2 cm³/mol. The van der Waals surface area contributed by atoms with Crippen molar-refractivity contribution in [3.63, 3.8) is 0 Å². The largest absolute Gasteiger partial charge is 0.469 e. The zero-order valence-corrected chi connectivity index (χ0v) is 13.8. The summed E-state index contributed by atoms with van der Waals surface area (Å²) in [4.78, 5) is 23.1. The molecule has 1 amide bonds. The Bertz CT molecular complexity index is 509. The minimum atomic E-state index is -0.175. The summed E-state index contributed by atoms with van der Waals surface area (Å²) in [6, 6.07) is 2.35. The van der Waals surface area contributed by atoms with Crippen molar-refractivity contribution in [1.29, 1.82) is 0 Å². The van der Waals surface area contributed by atoms with Crippen LogP contribution in [0.15, 0.2) is 16.7 Å². The molecule has 0 bridgehead atoms. The molecule has 1 aromatic heterocycles. The number of unbranched alkanes of at least 4 members (excludes halogenated alkanes) is 2. The first-order chi connectivity index (χ1) is 10.1. The van der Waals surface area contributed by atoms with Crippen molar-refractivity contribution in [3.8, 4) is 0 Å². The molecule has 0 unspecified atom stereocenters. The average Bonchev–Trinajstić information content (AvgIpc) is 3.24. The normalized spacial score (nSPS) is 14.0. The zero-order chi connectivity index (χ0) is 15.2. The lowest BCUT2D eigenvalue weighted by Gasteiger charge is -2.08. The van der Waals surface area contributed by atoms with Gasteiger partial charge in [-0.25, -0.2) is 0 Å². The number of halogens is 1. The Balaban J connectivity index is 1.69. The molecular weight excluding hydrogens is 336 g/mol. The van der Waals surface area contributed by atoms with Crippen LogP contribution in [0.4, 0.5) is 0 Å². The van der Waals surface area contributed by atoms with Crippen molar-refractivity contribution in [2.75, 3.05) is 13.7 Å². The van der Waals surface area contributed by atoms with Gasteiger partial charge in [-0.15, -0.1) is 0 Å². The average molecular weight is 357 g/mol. The van der Waals surface area contributed by atoms with Gasteiger partial charge in [-0.2, -0.15) is 0 Å². The second-order valence-electron chi connectivity index (χ2n) is 5.32. The molecule has 0 atom stereocenters. The first kappa shape index (κ1) is 16.1. The van der Waals surface area contributed by atoms with Crippen LogP contribution in [0.2, 0.25) is 0 Å². The van der Waals surface area contributed by atoms with Gasteiger partial charge in [-0.05, 0) is 47.7 Å². The number of rotatable bonds is 8. The van der Waals surface area contributed by atoms with Crippen LogP contribution < -0.4 is 5.32 Å². The minimum Gasteiger partial charge on any atom is -0.469 e. The summed E-state index contributed by atoms with van der Waals surface area (Å²) in [5, 5.41) is 2.94. The van der Waals surface area contributed by atoms with E-state index in [-0.39, 0.29) is 11.9 Å². The van der Waals surface area contributed by atoms with Crippen molar-refractivity contribution < 1.29 is 14.3 Å². The van der Waals surface area contributed by atoms with E-state index in [9.17, 15) is 9.59 Å². The number of amides is 1. The van der Waals surface area contributed by atoms with Crippen LogP contribution in [0, 0.1) is 0 Å². The van der Waals surface area contributed by atoms with Crippen molar-refractivity contribution in [3.05, 3.63) is 22.4 Å². The molecule has 1 fully saturated rings. The Kier molecular flexibility index (Phi) is 5.85. The first-order valence-electron chi connectivity index (χ1n) is 7.34. The fourth-order valence-corrected chi connectivity index (χ4v) is 2.69. The van der Waals surface area contributed by atoms with E-state index in [2.05, 4.69) is 30.6 Å². The number of carbonyl (C=O) groups is 2. The van der Waals surface area contributed by atoms with Crippen molar-refractivity contribution in [1.82, 2.24) is 9.88 Å². The molecule has 1 aliphatic rings. The topological polar surface area (TPSA) is 60.3 Å². The molecule has 0 aliphatic heterocycles. The van der Waals surface area contributed by atoms with E-state index in [0.717, 1.165) is 42.3 Å². The third-order valence-electron chi connectivity index (χ3n) is 3.56. The standard InChI is InChI=1S/C15H21BrN2O3/c1-21-14(19)5-3-2-4-8-17-15(20)13-9-11(16)10-18(13)12-6-7-12/h9-10,12H,2-8H2,1H3,(H,17,20). The highest BCUT2D eigenvalue weighted by Gasteiger charge is 2.27. The highest BCUT2D eigenvalue weighted by molar-refractivity contribution is 9.10. The van der Waals surface area contributed by atoms with Crippen LogP contribution in [0.1, 0.15) is 55.1 Å². The van der Waals surface area contributed by atoms with Crippen molar-refractivity contribution in [2.45, 2.75) is 44.6 Å². The first-order valence-corrected chi connectivity index (χ1v) is 8.13. The van der Waals surface area contributed by atoms with Crippen LogP contribution in [0.25, 0.3) is 0 Å². The summed E-state index contributed by atoms with van der Waals surface area (Å²) in [7, 11) is 1.40. The second kappa shape index (κ2) is 7.64. The Morgan fingerprint density at radius 1 is 1.38 bits per heavy atom. The molecule has 5 nitrogen and oxygen atoms in total. The van der Waals surface area contributed by atoms with Crippen molar-refractivity contribution in [2.24, 2.45) is 0 Å². The molecule has 1 aromatic rings. The highest BCUT2D eigenvalue weighted by Crippen LogP contribution is 2.37. The number of hydrogen-bond donors (Lipinski definition) is 1. The molecule has 0 saturated heterocycles. The van der Waals surface area contributed by atoms with E-state index >= 15 is 0 Å². The van der Waals surface area contributed by atoms with Crippen LogP contribution >= 0.6 is 15.9 Å². The highest BCUT2D eigenvalue weighted by atomic mass is 79.9. The number of carbonyl (C=O) groups excluding carboxylic acids is 2. The summed E-state index contributed by atoms with van der Waals surface area (Å²) in [5.41, 5.74) is 0.721. The molecule has 2 rings (SSSR count). The van der Waals surface area contributed by atoms with E-state index in [1.54, 1.807) is 0 Å². The van der Waals surface area contributed by atoms with Crippen LogP contribution in [0.5, 0.6) is 0 Å². The minimum absolute atomic E-state index is 0.0273. The quantitative estimate of drug-likeness (QED) is 0.575. The van der Waals surface area contributed by atoms with Crippen molar-refractivity contribution >= 4 is 27.8 Å². The maximum Gasteiger partial charge on any atom is 0.305 e. The van der Waals surface area contributed by atoms with E-state index in [4.69, 9.17) is 0 Å². The lowest BCUT2D eigenvalue weighted by molar-refractivity contribution is -0.140. The fourth-order valence-electron chi connectivity index (χ4n) is 2.25. The summed E-state index contributed by atoms with van der Waals surface area (Å²) in [5.74, 6) is -0.202. The lowest BCUT2D eigenvalue weighted by Crippen LogP contribution is -2.26. The molecule has 1 aliphatic carbocycles. The molecule has 1 heterocycles. The molecule has 116 valence electrons. The number of nitrogens with zero attached hydrogens (tertiary/aromatic N) is 1. The van der Waals surface area contributed by atoms with Crippen LogP contribution in [0.3, 0.4) is 0 Å². The Hall–Kier alpha value is -1.30. The Labute approximate surface area is 133 Å². The molecule has 6 heteroatoms. The van der Waals surface area contributed by atoms with Gasteiger partial charge in [-0.3, -0.25) is 9.59 Å². The smallest absolute Gasteiger partial charge is 0.305 e. The van der Waals surface area contributed by atoms with Gasteiger partial charge in [0.2, 0.25) is 0 Å². The van der Waals surface area contributed by atoms with Crippen LogP contribution in [-0.4, -0.2) is 30.1 Å². The number of methoxy groups -OCH3 is 1. The van der Waals surface area contributed by atoms with Crippen LogP contribution in [-0.2, 0) is 9.53 Å². The number of aromatic nitrogens is 1. The van der Waals surface area contributed by atoms with Gasteiger partial charge >= 0.3 is 5.97 Å². The number of esters is 1. The maximum atomic E-state index is 12.2. The number of ether oxygens (including phenoxy) is 1. The maximum absolute atomic E-state index is 12.2. The molecule has 0 spiro atoms. The zero-order valence-electron chi connectivity index (χ0n) is 12.2. The second-order valence-corrected chi connectivity index (χ2v) is 6.24. The summed E-state index contributed by atoms with van der Waals surface area (Å²) < 4.78 is 7.58. The van der Waals surface area contributed by atoms with Gasteiger partial charge in [0.1, 0.15) is 5.69 Å². The molecule has 0 aromatic carbocycles. The molecule has 1 saturated carbocycles. The molecular formula is C15H21BrN2O3. The van der Waals surface area contributed by atoms with Gasteiger partial charge < -0.3 is 14.6 Å². The monoisotopic (exact) mass is 356 g/mol. The van der Waals surface area contributed by atoms with E-state index < -0.39 is 0 Å². The van der Waals surface area contributed by atoms with Gasteiger partial charge in [0.25, 0.3) is 5.91 Å². The third kappa shape index (κ3) is 4.88. The SMILES string of the molecule is COC(=O)CCCCCNC(=O)c1cc(Br)cn1C1CC1. The molecule has 21 heavy (non-hydrogen) atoms. The predicted octanol–water partition coefficient (Wildman–Crippen LogP) is 3.05. The third-order valence-corrected chi connectivity index (χ3v) is 3.99.